The average molecular weight is 1160 g/mol. The number of nitrogens with zero attached hydrogens (tertiary/aromatic N) is 4. The number of ether oxygens (including phenoxy) is 4. The van der Waals surface area contributed by atoms with Crippen LogP contribution in [0.2, 0.25) is 0 Å². The molecule has 2 saturated heterocycles. The van der Waals surface area contributed by atoms with Crippen LogP contribution in [-0.4, -0.2) is 232 Å². The van der Waals surface area contributed by atoms with Crippen molar-refractivity contribution in [3.8, 4) is 28.7 Å². The van der Waals surface area contributed by atoms with Gasteiger partial charge in [-0.15, -0.1) is 0 Å². The highest BCUT2D eigenvalue weighted by atomic mass is 16.6. The maximum atomic E-state index is 15.1. The number of hydrogen-bond donors (Lipinski definition) is 16. The molecule has 2 fully saturated rings. The molecular weight excluding hydrogens is 1090 g/mol. The smallest absolute Gasteiger partial charge is 0.246 e. The number of aliphatic hydroxyl groups is 7. The first-order chi connectivity index (χ1) is 39.7. The first kappa shape index (κ1) is 60.7. The monoisotopic (exact) mass is 1160 g/mol. The van der Waals surface area contributed by atoms with Gasteiger partial charge >= 0.3 is 0 Å². The zero-order valence-corrected chi connectivity index (χ0v) is 45.2. The molecule has 15 atom stereocenters. The van der Waals surface area contributed by atoms with Crippen LogP contribution in [0.15, 0.2) is 75.1 Å². The van der Waals surface area contributed by atoms with Gasteiger partial charge in [0.1, 0.15) is 72.3 Å². The molecule has 0 spiro atoms. The lowest BCUT2D eigenvalue weighted by molar-refractivity contribution is -0.260. The van der Waals surface area contributed by atoms with Gasteiger partial charge in [-0.25, -0.2) is 4.98 Å². The molecule has 8 rings (SSSR count). The molecule has 3 aromatic carbocycles. The number of hydrogen-bond acceptors (Lipinski definition) is 25. The number of carbonyl (C=O) groups is 6. The Morgan fingerprint density at radius 1 is 0.699 bits per heavy atom. The van der Waals surface area contributed by atoms with E-state index in [4.69, 9.17) is 34.8 Å². The minimum Gasteiger partial charge on any atom is -0.493 e. The molecule has 4 aliphatic heterocycles. The maximum absolute atomic E-state index is 15.1. The normalized spacial score (nSPS) is 28.8. The standard InChI is InChI=1S/C52H67N13O18/c1-21(23-8-6-5-7-9-23)35-46(76)58-26(13-22-10-11-30-25(12-22)60-49(82-30)24-14-31(79-2)43(81-4)32(15-24)80-3)45(75)63-36(38(69)27-16-56-51(53)61-27)48(78)64-37(47(77)59-28(19-66)44(74)55-18-34(68)62-35)39(70)29-17-57-52(54)65(29)50-42(73)41(72)40(71)33(20-67)83-50/h5-12,14-15,21,26-29,33,35-42,50,66-67,69-73H,13,16-20H2,1-4H3,(H2,54,57)(H,55,74)(H,58,76)(H,59,77)(H,62,68)(H,63,75)(H,64,78)(H3,53,56,61)/t21?,26-,27?,28+,29?,33-,35+,36+,37-,38?,39?,40-,41+,42+,50+/m1/s1. The Bertz CT molecular complexity index is 3070. The Morgan fingerprint density at radius 3 is 1.99 bits per heavy atom. The number of carbonyl (C=O) groups excluding carboxylic acids is 6. The molecule has 0 radical (unpaired) electrons. The molecule has 0 aliphatic carbocycles. The van der Waals surface area contributed by atoms with Crippen molar-refractivity contribution in [1.82, 2.24) is 47.1 Å². The molecule has 1 aromatic heterocycles. The summed E-state index contributed by atoms with van der Waals surface area (Å²) in [4.78, 5) is 101. The molecule has 4 aliphatic rings. The van der Waals surface area contributed by atoms with Crippen LogP contribution in [0, 0.1) is 0 Å². The summed E-state index contributed by atoms with van der Waals surface area (Å²) >= 11 is 0. The quantitative estimate of drug-likeness (QED) is 0.0526. The van der Waals surface area contributed by atoms with Crippen molar-refractivity contribution in [3.05, 3.63) is 71.8 Å². The number of benzene rings is 3. The average Bonchev–Trinajstić information content (AvgIpc) is 3.67. The minimum atomic E-state index is -2.29. The molecule has 5 heterocycles. The van der Waals surface area contributed by atoms with E-state index in [1.54, 1.807) is 67.6 Å². The predicted octanol–water partition coefficient (Wildman–Crippen LogP) is -6.78. The number of aliphatic imine (C=N–C) groups is 2. The number of oxazole rings is 1. The largest absolute Gasteiger partial charge is 0.493 e. The summed E-state index contributed by atoms with van der Waals surface area (Å²) < 4.78 is 28.3. The van der Waals surface area contributed by atoms with Crippen LogP contribution >= 0.6 is 0 Å². The predicted molar refractivity (Wildman–Crippen MR) is 289 cm³/mol. The highest BCUT2D eigenvalue weighted by Gasteiger charge is 2.52. The van der Waals surface area contributed by atoms with E-state index < -0.39 is 159 Å². The molecular formula is C52H67N13O18. The van der Waals surface area contributed by atoms with E-state index in [0.717, 1.165) is 4.90 Å². The lowest BCUT2D eigenvalue weighted by Gasteiger charge is -2.46. The SMILES string of the molecule is COc1cc(-c2nc3cc(C[C@H]4NC(=O)[C@H](C(C)c5ccccc5)NC(=O)CNC(=O)[C@H](CO)NC(=O)[C@@H](C(O)C5CN=C(N)N5[C@H]5O[C@H](CO)[C@@H](O)[C@H](O)[C@@H]5O)NC(=O)[C@H](C(O)C5CN=C(N)N5)NC4=O)ccc3o2)cc(OC)c1OC. The van der Waals surface area contributed by atoms with E-state index in [9.17, 15) is 54.9 Å². The van der Waals surface area contributed by atoms with Gasteiger partial charge in [-0.1, -0.05) is 43.3 Å². The number of guanidine groups is 2. The first-order valence-electron chi connectivity index (χ1n) is 26.2. The number of aromatic nitrogens is 1. The first-order valence-corrected chi connectivity index (χ1v) is 26.2. The van der Waals surface area contributed by atoms with E-state index in [1.165, 1.54) is 21.3 Å². The Morgan fingerprint density at radius 2 is 1.35 bits per heavy atom. The van der Waals surface area contributed by atoms with E-state index in [1.807, 2.05) is 0 Å². The van der Waals surface area contributed by atoms with Crippen molar-refractivity contribution in [1.29, 1.82) is 0 Å². The number of fused-ring (bicyclic) bond motifs is 1. The molecule has 31 nitrogen and oxygen atoms in total. The second-order valence-electron chi connectivity index (χ2n) is 20.0. The lowest BCUT2D eigenvalue weighted by atomic mass is 9.92. The van der Waals surface area contributed by atoms with Crippen molar-refractivity contribution in [2.45, 2.75) is 104 Å². The Kier molecular flexibility index (Phi) is 19.2. The van der Waals surface area contributed by atoms with Gasteiger partial charge in [-0.2, -0.15) is 0 Å². The van der Waals surface area contributed by atoms with Gasteiger partial charge in [0.25, 0.3) is 0 Å². The van der Waals surface area contributed by atoms with Crippen LogP contribution in [0.4, 0.5) is 0 Å². The third-order valence-electron chi connectivity index (χ3n) is 14.7. The highest BCUT2D eigenvalue weighted by molar-refractivity contribution is 5.98. The Balaban J connectivity index is 1.19. The fourth-order valence-electron chi connectivity index (χ4n) is 10.1. The zero-order chi connectivity index (χ0) is 60.0. The Labute approximate surface area is 472 Å². The van der Waals surface area contributed by atoms with Crippen molar-refractivity contribution < 1.29 is 87.9 Å². The summed E-state index contributed by atoms with van der Waals surface area (Å²) in [7, 11) is 4.33. The van der Waals surface area contributed by atoms with Gasteiger partial charge in [-0.3, -0.25) is 38.8 Å². The summed E-state index contributed by atoms with van der Waals surface area (Å²) in [6, 6.07) is 4.15. The van der Waals surface area contributed by atoms with Crippen molar-refractivity contribution in [2.75, 3.05) is 54.2 Å². The van der Waals surface area contributed by atoms with Crippen LogP contribution in [0.25, 0.3) is 22.6 Å². The van der Waals surface area contributed by atoms with Crippen LogP contribution in [0.3, 0.4) is 0 Å². The summed E-state index contributed by atoms with van der Waals surface area (Å²) in [5.74, 6) is -7.28. The minimum absolute atomic E-state index is 0.130. The zero-order valence-electron chi connectivity index (χ0n) is 45.2. The number of aliphatic hydroxyl groups excluding tert-OH is 7. The molecule has 6 amide bonds. The van der Waals surface area contributed by atoms with Gasteiger partial charge in [0.05, 0.1) is 66.3 Å². The second kappa shape index (κ2) is 26.2. The van der Waals surface area contributed by atoms with Gasteiger partial charge in [0.2, 0.25) is 47.1 Å². The van der Waals surface area contributed by atoms with E-state index >= 15 is 9.59 Å². The van der Waals surface area contributed by atoms with Gasteiger partial charge in [0, 0.05) is 17.9 Å². The third kappa shape index (κ3) is 13.1. The van der Waals surface area contributed by atoms with Crippen LogP contribution in [-0.2, 0) is 39.9 Å². The topological polar surface area (TPSA) is 471 Å². The van der Waals surface area contributed by atoms with Gasteiger partial charge in [0.15, 0.2) is 35.2 Å². The molecule has 0 bridgehead atoms. The third-order valence-corrected chi connectivity index (χ3v) is 14.7. The molecule has 4 aromatic rings. The number of rotatable bonds is 15. The van der Waals surface area contributed by atoms with Gasteiger partial charge in [-0.05, 0) is 35.4 Å². The van der Waals surface area contributed by atoms with Gasteiger partial charge < -0.3 is 113 Å². The van der Waals surface area contributed by atoms with Crippen LogP contribution < -0.4 is 62.9 Å². The van der Waals surface area contributed by atoms with E-state index in [0.29, 0.717) is 39.5 Å². The van der Waals surface area contributed by atoms with Crippen molar-refractivity contribution >= 4 is 58.5 Å². The maximum Gasteiger partial charge on any atom is 0.246 e. The fraction of sp³-hybridized carbons (Fsp3) is 0.481. The number of nitrogens with two attached hydrogens (primary N) is 2. The molecule has 83 heavy (non-hydrogen) atoms. The Hall–Kier alpha value is -8.43. The van der Waals surface area contributed by atoms with Crippen LogP contribution in [0.5, 0.6) is 17.2 Å². The summed E-state index contributed by atoms with van der Waals surface area (Å²) in [6.07, 6.45) is -13.7. The molecule has 0 saturated carbocycles. The van der Waals surface area contributed by atoms with Crippen molar-refractivity contribution in [2.24, 2.45) is 21.5 Å². The van der Waals surface area contributed by atoms with E-state index in [2.05, 4.69) is 52.2 Å². The fourth-order valence-corrected chi connectivity index (χ4v) is 10.1. The molecule has 448 valence electrons. The molecule has 31 heteroatoms. The number of methoxy groups -OCH3 is 3. The second-order valence-corrected chi connectivity index (χ2v) is 20.0. The summed E-state index contributed by atoms with van der Waals surface area (Å²) in [5.41, 5.74) is 14.1. The van der Waals surface area contributed by atoms with E-state index in [-0.39, 0.29) is 30.3 Å². The molecule has 5 unspecified atom stereocenters. The lowest BCUT2D eigenvalue weighted by Crippen LogP contribution is -2.70. The molecule has 18 N–H and O–H groups in total. The summed E-state index contributed by atoms with van der Waals surface area (Å²) in [6.45, 7) is -1.98. The van der Waals surface area contributed by atoms with Crippen LogP contribution in [0.1, 0.15) is 24.0 Å². The highest BCUT2D eigenvalue weighted by Crippen LogP contribution is 2.41. The summed E-state index contributed by atoms with van der Waals surface area (Å²) in [5, 5.41) is 94.5. The number of amides is 6. The van der Waals surface area contributed by atoms with Crippen molar-refractivity contribution in [3.63, 3.8) is 0 Å². The number of nitrogens with one attached hydrogen (secondary N) is 7.